The van der Waals surface area contributed by atoms with Gasteiger partial charge in [-0.3, -0.25) is 0 Å². The lowest BCUT2D eigenvalue weighted by Crippen LogP contribution is -2.45. The fraction of sp³-hybridized carbons (Fsp3) is 0.368. The highest BCUT2D eigenvalue weighted by Gasteiger charge is 2.39. The van der Waals surface area contributed by atoms with Crippen molar-refractivity contribution in [3.05, 3.63) is 71.0 Å². The molecule has 0 aliphatic heterocycles. The Bertz CT molecular complexity index is 623. The van der Waals surface area contributed by atoms with Crippen molar-refractivity contribution >= 4 is 0 Å². The second-order valence-corrected chi connectivity index (χ2v) is 6.21. The number of hydrogen-bond donors (Lipinski definition) is 1. The molecule has 0 spiro atoms. The summed E-state index contributed by atoms with van der Waals surface area (Å²) in [6.07, 6.45) is 4.39. The fourth-order valence-corrected chi connectivity index (χ4v) is 3.63. The first kappa shape index (κ1) is 14.3. The minimum absolute atomic E-state index is 0.158. The molecule has 0 saturated heterocycles. The van der Waals surface area contributed by atoms with E-state index in [9.17, 15) is 4.39 Å². The Labute approximate surface area is 126 Å². The third kappa shape index (κ3) is 2.60. The Balaban J connectivity index is 2.04. The highest BCUT2D eigenvalue weighted by molar-refractivity contribution is 5.36. The molecule has 2 aromatic carbocycles. The van der Waals surface area contributed by atoms with Gasteiger partial charge in [-0.15, -0.1) is 0 Å². The molecule has 2 unspecified atom stereocenters. The van der Waals surface area contributed by atoms with Crippen LogP contribution in [-0.2, 0) is 5.54 Å². The summed E-state index contributed by atoms with van der Waals surface area (Å²) >= 11 is 0. The Morgan fingerprint density at radius 1 is 1.10 bits per heavy atom. The van der Waals surface area contributed by atoms with Gasteiger partial charge in [0.25, 0.3) is 0 Å². The van der Waals surface area contributed by atoms with E-state index in [-0.39, 0.29) is 5.82 Å². The molecule has 1 aliphatic carbocycles. The van der Waals surface area contributed by atoms with Crippen LogP contribution < -0.4 is 5.73 Å². The molecule has 110 valence electrons. The van der Waals surface area contributed by atoms with E-state index in [1.807, 2.05) is 25.1 Å². The van der Waals surface area contributed by atoms with Crippen LogP contribution in [0, 0.1) is 12.7 Å². The maximum atomic E-state index is 13.6. The van der Waals surface area contributed by atoms with Crippen LogP contribution in [-0.4, -0.2) is 0 Å². The van der Waals surface area contributed by atoms with Gasteiger partial charge in [-0.25, -0.2) is 4.39 Å². The first-order valence-electron chi connectivity index (χ1n) is 7.72. The van der Waals surface area contributed by atoms with E-state index < -0.39 is 5.54 Å². The van der Waals surface area contributed by atoms with Crippen molar-refractivity contribution in [1.82, 2.24) is 0 Å². The molecule has 0 heterocycles. The van der Waals surface area contributed by atoms with Gasteiger partial charge in [0.1, 0.15) is 5.82 Å². The second-order valence-electron chi connectivity index (χ2n) is 6.21. The third-order valence-corrected chi connectivity index (χ3v) is 4.85. The zero-order chi connectivity index (χ0) is 14.9. The molecular weight excluding hydrogens is 261 g/mol. The summed E-state index contributed by atoms with van der Waals surface area (Å²) in [4.78, 5) is 0. The van der Waals surface area contributed by atoms with Crippen LogP contribution in [0.25, 0.3) is 0 Å². The molecule has 0 radical (unpaired) electrons. The molecule has 2 atom stereocenters. The molecule has 2 aromatic rings. The SMILES string of the molecule is Cc1cc(C2(N)CCCCC2c2ccccc2)ccc1F. The quantitative estimate of drug-likeness (QED) is 0.853. The minimum Gasteiger partial charge on any atom is -0.321 e. The Hall–Kier alpha value is -1.67. The van der Waals surface area contributed by atoms with E-state index in [0.29, 0.717) is 11.5 Å². The molecule has 1 aliphatic rings. The molecule has 21 heavy (non-hydrogen) atoms. The van der Waals surface area contributed by atoms with Crippen LogP contribution in [0.5, 0.6) is 0 Å². The Morgan fingerprint density at radius 2 is 1.86 bits per heavy atom. The van der Waals surface area contributed by atoms with Gasteiger partial charge in [-0.1, -0.05) is 55.3 Å². The van der Waals surface area contributed by atoms with Gasteiger partial charge in [0.05, 0.1) is 0 Å². The first-order valence-corrected chi connectivity index (χ1v) is 7.72. The standard InChI is InChI=1S/C19H22FN/c1-14-13-16(10-11-18(14)20)19(21)12-6-5-9-17(19)15-7-3-2-4-8-15/h2-4,7-8,10-11,13,17H,5-6,9,12,21H2,1H3. The molecule has 1 fully saturated rings. The summed E-state index contributed by atoms with van der Waals surface area (Å²) < 4.78 is 13.6. The van der Waals surface area contributed by atoms with Crippen molar-refractivity contribution in [2.24, 2.45) is 5.73 Å². The number of benzene rings is 2. The molecule has 1 nitrogen and oxygen atoms in total. The lowest BCUT2D eigenvalue weighted by atomic mass is 9.67. The van der Waals surface area contributed by atoms with Gasteiger partial charge >= 0.3 is 0 Å². The molecular formula is C19H22FN. The molecule has 0 aromatic heterocycles. The smallest absolute Gasteiger partial charge is 0.126 e. The zero-order valence-electron chi connectivity index (χ0n) is 12.5. The highest BCUT2D eigenvalue weighted by Crippen LogP contribution is 2.45. The van der Waals surface area contributed by atoms with Gasteiger partial charge in [0.2, 0.25) is 0 Å². The molecule has 1 saturated carbocycles. The lowest BCUT2D eigenvalue weighted by molar-refractivity contribution is 0.254. The monoisotopic (exact) mass is 283 g/mol. The number of hydrogen-bond acceptors (Lipinski definition) is 1. The molecule has 2 N–H and O–H groups in total. The number of nitrogens with two attached hydrogens (primary N) is 1. The van der Waals surface area contributed by atoms with Crippen LogP contribution in [0.2, 0.25) is 0 Å². The number of aryl methyl sites for hydroxylation is 1. The number of halogens is 1. The third-order valence-electron chi connectivity index (χ3n) is 4.85. The van der Waals surface area contributed by atoms with Crippen molar-refractivity contribution in [3.63, 3.8) is 0 Å². The van der Waals surface area contributed by atoms with E-state index in [2.05, 4.69) is 24.3 Å². The highest BCUT2D eigenvalue weighted by atomic mass is 19.1. The van der Waals surface area contributed by atoms with Gasteiger partial charge < -0.3 is 5.73 Å². The van der Waals surface area contributed by atoms with Crippen LogP contribution in [0.1, 0.15) is 48.3 Å². The van der Waals surface area contributed by atoms with Gasteiger partial charge in [0.15, 0.2) is 0 Å². The predicted octanol–water partition coefficient (Wildman–Crippen LogP) is 4.65. The topological polar surface area (TPSA) is 26.0 Å². The molecule has 0 bridgehead atoms. The second kappa shape index (κ2) is 5.61. The molecule has 0 amide bonds. The van der Waals surface area contributed by atoms with Crippen LogP contribution in [0.3, 0.4) is 0 Å². The van der Waals surface area contributed by atoms with Crippen molar-refractivity contribution in [3.8, 4) is 0 Å². The summed E-state index contributed by atoms with van der Waals surface area (Å²) in [6, 6.07) is 15.8. The summed E-state index contributed by atoms with van der Waals surface area (Å²) in [7, 11) is 0. The van der Waals surface area contributed by atoms with E-state index >= 15 is 0 Å². The maximum absolute atomic E-state index is 13.6. The van der Waals surface area contributed by atoms with Crippen LogP contribution >= 0.6 is 0 Å². The van der Waals surface area contributed by atoms with Crippen molar-refractivity contribution in [2.45, 2.75) is 44.1 Å². The van der Waals surface area contributed by atoms with Gasteiger partial charge in [-0.2, -0.15) is 0 Å². The normalized spacial score (nSPS) is 25.8. The Kier molecular flexibility index (Phi) is 3.81. The fourth-order valence-electron chi connectivity index (χ4n) is 3.63. The summed E-state index contributed by atoms with van der Waals surface area (Å²) in [5.74, 6) is 0.145. The van der Waals surface area contributed by atoms with E-state index in [1.165, 1.54) is 12.0 Å². The van der Waals surface area contributed by atoms with Gasteiger partial charge in [-0.05, 0) is 42.5 Å². The van der Waals surface area contributed by atoms with Crippen molar-refractivity contribution in [2.75, 3.05) is 0 Å². The summed E-state index contributed by atoms with van der Waals surface area (Å²) in [5.41, 5.74) is 9.50. The minimum atomic E-state index is -0.391. The van der Waals surface area contributed by atoms with Crippen LogP contribution in [0.15, 0.2) is 48.5 Å². The van der Waals surface area contributed by atoms with E-state index in [4.69, 9.17) is 5.73 Å². The maximum Gasteiger partial charge on any atom is 0.126 e. The summed E-state index contributed by atoms with van der Waals surface area (Å²) in [5, 5.41) is 0. The zero-order valence-corrected chi connectivity index (χ0v) is 12.5. The average molecular weight is 283 g/mol. The molecule has 3 rings (SSSR count). The molecule has 2 heteroatoms. The Morgan fingerprint density at radius 3 is 2.57 bits per heavy atom. The largest absolute Gasteiger partial charge is 0.321 e. The van der Waals surface area contributed by atoms with Crippen molar-refractivity contribution < 1.29 is 4.39 Å². The lowest BCUT2D eigenvalue weighted by Gasteiger charge is -2.42. The van der Waals surface area contributed by atoms with E-state index in [1.54, 1.807) is 6.07 Å². The first-order chi connectivity index (χ1) is 10.1. The average Bonchev–Trinajstić information content (AvgIpc) is 2.51. The van der Waals surface area contributed by atoms with Crippen LogP contribution in [0.4, 0.5) is 4.39 Å². The number of rotatable bonds is 2. The van der Waals surface area contributed by atoms with E-state index in [0.717, 1.165) is 24.8 Å². The van der Waals surface area contributed by atoms with Crippen molar-refractivity contribution in [1.29, 1.82) is 0 Å². The summed E-state index contributed by atoms with van der Waals surface area (Å²) in [6.45, 7) is 1.81. The van der Waals surface area contributed by atoms with Gasteiger partial charge in [0, 0.05) is 11.5 Å². The predicted molar refractivity (Wildman–Crippen MR) is 84.7 cm³/mol.